The Hall–Kier alpha value is -2.68. The van der Waals surface area contributed by atoms with Crippen molar-refractivity contribution in [1.82, 2.24) is 5.32 Å². The Balaban J connectivity index is 2.86. The Labute approximate surface area is 109 Å². The van der Waals surface area contributed by atoms with Gasteiger partial charge in [-0.2, -0.15) is 5.26 Å². The van der Waals surface area contributed by atoms with Gasteiger partial charge in [0.1, 0.15) is 17.5 Å². The number of alkyl carbamates (subject to hydrolysis) is 1. The van der Waals surface area contributed by atoms with Crippen LogP contribution in [0.2, 0.25) is 0 Å². The minimum atomic E-state index is -0.937. The first-order valence-electron chi connectivity index (χ1n) is 5.42. The highest BCUT2D eigenvalue weighted by molar-refractivity contribution is 6.07. The molecule has 0 unspecified atom stereocenters. The van der Waals surface area contributed by atoms with Crippen LogP contribution in [-0.4, -0.2) is 18.6 Å². The van der Waals surface area contributed by atoms with E-state index in [-0.39, 0.29) is 12.2 Å². The summed E-state index contributed by atoms with van der Waals surface area (Å²) in [5.74, 6) is -1.39. The van der Waals surface area contributed by atoms with Gasteiger partial charge in [0.05, 0.1) is 6.61 Å². The molecule has 0 radical (unpaired) electrons. The molecule has 0 spiro atoms. The predicted molar refractivity (Wildman–Crippen MR) is 65.2 cm³/mol. The zero-order chi connectivity index (χ0) is 14.3. The molecule has 19 heavy (non-hydrogen) atoms. The number of carbonyl (C=O) groups excluding carboxylic acids is 2. The first kappa shape index (κ1) is 14.4. The number of benzene rings is 1. The van der Waals surface area contributed by atoms with Crippen LogP contribution in [0.15, 0.2) is 29.8 Å². The third-order valence-corrected chi connectivity index (χ3v) is 2.02. The first-order chi connectivity index (χ1) is 9.06. The predicted octanol–water partition coefficient (Wildman–Crippen LogP) is 2.01. The van der Waals surface area contributed by atoms with E-state index >= 15 is 0 Å². The number of rotatable bonds is 3. The number of hydrogen-bond donors (Lipinski definition) is 1. The van der Waals surface area contributed by atoms with Gasteiger partial charge in [-0.05, 0) is 30.7 Å². The minimum Gasteiger partial charge on any atom is -0.450 e. The maximum absolute atomic E-state index is 12.9. The molecule has 1 N–H and O–H groups in total. The Morgan fingerprint density at radius 1 is 1.53 bits per heavy atom. The lowest BCUT2D eigenvalue weighted by Gasteiger charge is -2.03. The van der Waals surface area contributed by atoms with Crippen molar-refractivity contribution in [3.8, 4) is 6.07 Å². The zero-order valence-electron chi connectivity index (χ0n) is 10.1. The first-order valence-corrected chi connectivity index (χ1v) is 5.42. The molecule has 0 aliphatic carbocycles. The number of amides is 2. The van der Waals surface area contributed by atoms with Crippen molar-refractivity contribution in [1.29, 1.82) is 5.26 Å². The van der Waals surface area contributed by atoms with Crippen molar-refractivity contribution < 1.29 is 18.7 Å². The number of ether oxygens (including phenoxy) is 1. The number of hydrogen-bond acceptors (Lipinski definition) is 4. The molecule has 0 saturated heterocycles. The third kappa shape index (κ3) is 4.60. The summed E-state index contributed by atoms with van der Waals surface area (Å²) in [7, 11) is 0. The average molecular weight is 262 g/mol. The van der Waals surface area contributed by atoms with E-state index in [2.05, 4.69) is 4.74 Å². The lowest BCUT2D eigenvalue weighted by atomic mass is 10.1. The van der Waals surface area contributed by atoms with Crippen LogP contribution in [0.5, 0.6) is 0 Å². The molecule has 0 aliphatic heterocycles. The third-order valence-electron chi connectivity index (χ3n) is 2.02. The van der Waals surface area contributed by atoms with Gasteiger partial charge in [0.25, 0.3) is 5.91 Å². The summed E-state index contributed by atoms with van der Waals surface area (Å²) in [4.78, 5) is 22.6. The van der Waals surface area contributed by atoms with Gasteiger partial charge in [-0.3, -0.25) is 10.1 Å². The number of halogens is 1. The second kappa shape index (κ2) is 6.91. The van der Waals surface area contributed by atoms with E-state index in [1.807, 2.05) is 5.32 Å². The van der Waals surface area contributed by atoms with Crippen molar-refractivity contribution in [3.05, 3.63) is 41.2 Å². The summed E-state index contributed by atoms with van der Waals surface area (Å²) < 4.78 is 17.5. The molecule has 6 heteroatoms. The second-order valence-electron chi connectivity index (χ2n) is 3.40. The monoisotopic (exact) mass is 262 g/mol. The average Bonchev–Trinajstić information content (AvgIpc) is 2.36. The standard InChI is InChI=1S/C13H11FN2O3/c1-2-19-13(18)16-12(17)10(8-15)6-9-4-3-5-11(14)7-9/h3-7H,2H2,1H3,(H,16,17,18)/b10-6-. The molecular weight excluding hydrogens is 251 g/mol. The number of nitrogens with zero attached hydrogens (tertiary/aromatic N) is 1. The molecule has 0 heterocycles. The largest absolute Gasteiger partial charge is 0.450 e. The Morgan fingerprint density at radius 3 is 2.84 bits per heavy atom. The highest BCUT2D eigenvalue weighted by Crippen LogP contribution is 2.08. The number of nitrogens with one attached hydrogen (secondary N) is 1. The van der Waals surface area contributed by atoms with Gasteiger partial charge in [0.2, 0.25) is 0 Å². The molecule has 1 aromatic carbocycles. The van der Waals surface area contributed by atoms with Gasteiger partial charge in [-0.25, -0.2) is 9.18 Å². The summed E-state index contributed by atoms with van der Waals surface area (Å²) in [5.41, 5.74) is 0.0224. The SMILES string of the molecule is CCOC(=O)NC(=O)/C(C#N)=C\c1cccc(F)c1. The van der Waals surface area contributed by atoms with Crippen molar-refractivity contribution in [2.24, 2.45) is 0 Å². The molecule has 0 bridgehead atoms. The Bertz CT molecular complexity index is 561. The fraction of sp³-hybridized carbons (Fsp3) is 0.154. The molecule has 5 nitrogen and oxygen atoms in total. The zero-order valence-corrected chi connectivity index (χ0v) is 10.1. The fourth-order valence-corrected chi connectivity index (χ4v) is 1.24. The van der Waals surface area contributed by atoms with Gasteiger partial charge in [0, 0.05) is 0 Å². The number of imide groups is 1. The van der Waals surface area contributed by atoms with Crippen LogP contribution >= 0.6 is 0 Å². The van der Waals surface area contributed by atoms with E-state index in [0.29, 0.717) is 5.56 Å². The van der Waals surface area contributed by atoms with Gasteiger partial charge in [-0.15, -0.1) is 0 Å². The molecule has 98 valence electrons. The maximum Gasteiger partial charge on any atom is 0.414 e. The summed E-state index contributed by atoms with van der Waals surface area (Å²) in [6.07, 6.45) is 0.241. The molecule has 1 rings (SSSR count). The van der Waals surface area contributed by atoms with E-state index in [0.717, 1.165) is 6.07 Å². The highest BCUT2D eigenvalue weighted by Gasteiger charge is 2.13. The molecule has 0 aromatic heterocycles. The molecule has 1 aromatic rings. The van der Waals surface area contributed by atoms with Crippen LogP contribution in [0.3, 0.4) is 0 Å². The summed E-state index contributed by atoms with van der Waals surface area (Å²) in [5, 5.41) is 10.7. The van der Waals surface area contributed by atoms with E-state index in [4.69, 9.17) is 5.26 Å². The number of nitriles is 1. The van der Waals surface area contributed by atoms with Crippen molar-refractivity contribution in [3.63, 3.8) is 0 Å². The van der Waals surface area contributed by atoms with Gasteiger partial charge in [0.15, 0.2) is 0 Å². The quantitative estimate of drug-likeness (QED) is 0.667. The molecule has 0 saturated carbocycles. The van der Waals surface area contributed by atoms with Crippen LogP contribution in [0.4, 0.5) is 9.18 Å². The van der Waals surface area contributed by atoms with Crippen LogP contribution in [0.1, 0.15) is 12.5 Å². The highest BCUT2D eigenvalue weighted by atomic mass is 19.1. The summed E-state index contributed by atoms with van der Waals surface area (Å²) >= 11 is 0. The van der Waals surface area contributed by atoms with Crippen molar-refractivity contribution in [2.45, 2.75) is 6.92 Å². The van der Waals surface area contributed by atoms with E-state index in [1.54, 1.807) is 13.0 Å². The molecule has 2 amide bonds. The minimum absolute atomic E-state index is 0.106. The van der Waals surface area contributed by atoms with Crippen molar-refractivity contribution >= 4 is 18.1 Å². The Kier molecular flexibility index (Phi) is 5.23. The van der Waals surface area contributed by atoms with Crippen LogP contribution in [-0.2, 0) is 9.53 Å². The second-order valence-corrected chi connectivity index (χ2v) is 3.40. The van der Waals surface area contributed by atoms with Crippen LogP contribution in [0.25, 0.3) is 6.08 Å². The van der Waals surface area contributed by atoms with Crippen molar-refractivity contribution in [2.75, 3.05) is 6.61 Å². The molecule has 0 atom stereocenters. The van der Waals surface area contributed by atoms with E-state index in [1.165, 1.54) is 24.3 Å². The normalized spacial score (nSPS) is 10.5. The molecule has 0 aliphatic rings. The van der Waals surface area contributed by atoms with Gasteiger partial charge < -0.3 is 4.74 Å². The van der Waals surface area contributed by atoms with Crippen LogP contribution < -0.4 is 5.32 Å². The molecule has 0 fully saturated rings. The Morgan fingerprint density at radius 2 is 2.26 bits per heavy atom. The summed E-state index contributed by atoms with van der Waals surface area (Å²) in [6, 6.07) is 7.01. The lowest BCUT2D eigenvalue weighted by Crippen LogP contribution is -2.31. The number of carbonyl (C=O) groups is 2. The van der Waals surface area contributed by atoms with Gasteiger partial charge in [-0.1, -0.05) is 12.1 Å². The fourth-order valence-electron chi connectivity index (χ4n) is 1.24. The molecular formula is C13H11FN2O3. The summed E-state index contributed by atoms with van der Waals surface area (Å²) in [6.45, 7) is 1.69. The van der Waals surface area contributed by atoms with Gasteiger partial charge >= 0.3 is 6.09 Å². The van der Waals surface area contributed by atoms with E-state index in [9.17, 15) is 14.0 Å². The maximum atomic E-state index is 12.9. The van der Waals surface area contributed by atoms with Crippen LogP contribution in [0, 0.1) is 17.1 Å². The smallest absolute Gasteiger partial charge is 0.414 e. The topological polar surface area (TPSA) is 79.2 Å². The van der Waals surface area contributed by atoms with E-state index < -0.39 is 17.8 Å². The lowest BCUT2D eigenvalue weighted by molar-refractivity contribution is -0.116.